The average molecular weight is 648 g/mol. The molecule has 226 valence electrons. The van der Waals surface area contributed by atoms with Crippen LogP contribution in [-0.4, -0.2) is 47.2 Å². The van der Waals surface area contributed by atoms with E-state index in [-0.39, 0.29) is 12.1 Å². The number of nitrogens with one attached hydrogen (secondary N) is 4. The zero-order chi connectivity index (χ0) is 30.4. The van der Waals surface area contributed by atoms with Gasteiger partial charge in [-0.05, 0) is 66.2 Å². The Morgan fingerprint density at radius 1 is 1.20 bits per heavy atom. The third kappa shape index (κ3) is 5.45. The molecule has 0 radical (unpaired) electrons. The van der Waals surface area contributed by atoms with E-state index in [1.54, 1.807) is 6.20 Å². The molecule has 0 unspecified atom stereocenters. The summed E-state index contributed by atoms with van der Waals surface area (Å²) in [6, 6.07) is 12.1. The predicted octanol–water partition coefficient (Wildman–Crippen LogP) is 6.62. The van der Waals surface area contributed by atoms with Gasteiger partial charge in [-0.3, -0.25) is 14.9 Å². The van der Waals surface area contributed by atoms with Crippen LogP contribution < -0.4 is 21.6 Å². The number of nitriles is 1. The molecule has 0 aliphatic carbocycles. The number of hydrazine groups is 2. The normalized spacial score (nSPS) is 17.4. The van der Waals surface area contributed by atoms with Crippen LogP contribution in [0.15, 0.2) is 53.8 Å². The largest absolute Gasteiger partial charge is 0.377 e. The first-order chi connectivity index (χ1) is 21.4. The van der Waals surface area contributed by atoms with E-state index in [9.17, 15) is 5.26 Å². The molecule has 44 heavy (non-hydrogen) atoms. The fourth-order valence-electron chi connectivity index (χ4n) is 5.86. The van der Waals surface area contributed by atoms with Gasteiger partial charge >= 0.3 is 0 Å². The van der Waals surface area contributed by atoms with Gasteiger partial charge in [-0.15, -0.1) is 16.9 Å². The third-order valence-corrected chi connectivity index (χ3v) is 10.3. The van der Waals surface area contributed by atoms with E-state index in [0.717, 1.165) is 54.1 Å². The summed E-state index contributed by atoms with van der Waals surface area (Å²) in [4.78, 5) is 8.45. The molecule has 2 aromatic carbocycles. The van der Waals surface area contributed by atoms with Crippen LogP contribution in [0, 0.1) is 18.3 Å². The van der Waals surface area contributed by atoms with Crippen molar-refractivity contribution in [3.05, 3.63) is 91.0 Å². The summed E-state index contributed by atoms with van der Waals surface area (Å²) < 4.78 is 5.43. The lowest BCUT2D eigenvalue weighted by molar-refractivity contribution is -0.0635. The second-order valence-electron chi connectivity index (χ2n) is 11.3. The van der Waals surface area contributed by atoms with Crippen LogP contribution in [0.25, 0.3) is 10.9 Å². The number of rotatable bonds is 8. The number of nitrogens with zero attached hydrogens (tertiary/aromatic N) is 4. The highest BCUT2D eigenvalue weighted by Gasteiger charge is 2.33. The van der Waals surface area contributed by atoms with Crippen molar-refractivity contribution in [1.29, 1.82) is 5.26 Å². The van der Waals surface area contributed by atoms with Crippen LogP contribution in [0.1, 0.15) is 40.1 Å². The van der Waals surface area contributed by atoms with Crippen LogP contribution in [0.5, 0.6) is 0 Å². The summed E-state index contributed by atoms with van der Waals surface area (Å²) in [5, 5.41) is 23.5. The fraction of sp³-hybridized carbons (Fsp3) is 0.312. The highest BCUT2D eigenvalue weighted by molar-refractivity contribution is 7.10. The number of likely N-dealkylation sites (N-methyl/N-ethyl adjacent to an activating group) is 1. The molecule has 1 atom stereocenters. The van der Waals surface area contributed by atoms with Crippen molar-refractivity contribution in [2.24, 2.45) is 0 Å². The van der Waals surface area contributed by atoms with E-state index < -0.39 is 0 Å². The number of aryl methyl sites for hydroxylation is 1. The molecule has 3 aliphatic rings. The second-order valence-corrected chi connectivity index (χ2v) is 13.1. The Bertz CT molecular complexity index is 1810. The number of hydrogen-bond acceptors (Lipinski definition) is 10. The summed E-state index contributed by atoms with van der Waals surface area (Å²) >= 11 is 15.1. The van der Waals surface area contributed by atoms with Crippen molar-refractivity contribution in [3.8, 4) is 6.07 Å². The monoisotopic (exact) mass is 646 g/mol. The van der Waals surface area contributed by atoms with Gasteiger partial charge in [-0.2, -0.15) is 5.26 Å². The number of anilines is 3. The lowest BCUT2D eigenvalue weighted by Crippen LogP contribution is -2.52. The Morgan fingerprint density at radius 3 is 2.80 bits per heavy atom. The number of aromatic nitrogens is 1. The Kier molecular flexibility index (Phi) is 8.01. The predicted molar refractivity (Wildman–Crippen MR) is 177 cm³/mol. The molecule has 5 heterocycles. The Hall–Kier alpha value is -3.56. The van der Waals surface area contributed by atoms with Crippen molar-refractivity contribution < 1.29 is 4.74 Å². The molecule has 4 N–H and O–H groups in total. The maximum atomic E-state index is 10.0. The Labute approximate surface area is 270 Å². The molecular weight excluding hydrogens is 615 g/mol. The first-order valence-corrected chi connectivity index (χ1v) is 16.3. The molecule has 4 aromatic rings. The molecule has 0 saturated carbocycles. The van der Waals surface area contributed by atoms with E-state index in [1.165, 1.54) is 16.0 Å². The number of hydrogen-bond donors (Lipinski definition) is 4. The van der Waals surface area contributed by atoms with Gasteiger partial charge < -0.3 is 20.8 Å². The van der Waals surface area contributed by atoms with Crippen molar-refractivity contribution in [2.45, 2.75) is 38.9 Å². The number of thiophene rings is 1. The molecule has 2 aromatic heterocycles. The van der Waals surface area contributed by atoms with Crippen molar-refractivity contribution >= 4 is 62.5 Å². The minimum Gasteiger partial charge on any atom is -0.377 e. The fourth-order valence-corrected chi connectivity index (χ4v) is 7.47. The third-order valence-electron chi connectivity index (χ3n) is 8.55. The maximum absolute atomic E-state index is 10.0. The molecule has 0 bridgehead atoms. The minimum atomic E-state index is -0.172. The van der Waals surface area contributed by atoms with Crippen LogP contribution in [-0.2, 0) is 17.7 Å². The summed E-state index contributed by atoms with van der Waals surface area (Å²) in [6.07, 6.45) is 4.68. The van der Waals surface area contributed by atoms with Gasteiger partial charge in [0, 0.05) is 52.1 Å². The molecule has 12 heteroatoms. The Morgan fingerprint density at radius 2 is 2.05 bits per heavy atom. The summed E-state index contributed by atoms with van der Waals surface area (Å²) in [5.41, 5.74) is 14.6. The molecular formula is C32H32Cl2N8OS. The molecule has 0 amide bonds. The van der Waals surface area contributed by atoms with Gasteiger partial charge in [0.2, 0.25) is 0 Å². The van der Waals surface area contributed by atoms with Gasteiger partial charge in [-0.1, -0.05) is 36.2 Å². The van der Waals surface area contributed by atoms with Gasteiger partial charge in [-0.25, -0.2) is 0 Å². The number of pyridine rings is 1. The zero-order valence-electron chi connectivity index (χ0n) is 24.4. The smallest absolute Gasteiger partial charge is 0.103 e. The van der Waals surface area contributed by atoms with E-state index in [4.69, 9.17) is 27.9 Å². The molecule has 9 nitrogen and oxygen atoms in total. The highest BCUT2D eigenvalue weighted by Crippen LogP contribution is 2.40. The summed E-state index contributed by atoms with van der Waals surface area (Å²) in [5.74, 6) is 0. The average Bonchev–Trinajstić information content (AvgIpc) is 3.64. The molecule has 1 fully saturated rings. The van der Waals surface area contributed by atoms with Gasteiger partial charge in [0.05, 0.1) is 52.8 Å². The van der Waals surface area contributed by atoms with Gasteiger partial charge in [0.15, 0.2) is 0 Å². The van der Waals surface area contributed by atoms with E-state index in [1.807, 2.05) is 48.6 Å². The van der Waals surface area contributed by atoms with Crippen LogP contribution in [0.4, 0.5) is 17.1 Å². The van der Waals surface area contributed by atoms with Crippen LogP contribution in [0.3, 0.4) is 0 Å². The molecule has 1 saturated heterocycles. The van der Waals surface area contributed by atoms with Crippen molar-refractivity contribution in [2.75, 3.05) is 36.9 Å². The van der Waals surface area contributed by atoms with E-state index >= 15 is 0 Å². The first-order valence-electron chi connectivity index (χ1n) is 14.6. The number of fused-ring (bicyclic) bond motifs is 2. The summed E-state index contributed by atoms with van der Waals surface area (Å²) in [6.45, 7) is 8.61. The Balaban J connectivity index is 1.29. The quantitative estimate of drug-likeness (QED) is 0.168. The van der Waals surface area contributed by atoms with Crippen molar-refractivity contribution in [3.63, 3.8) is 0 Å². The number of ether oxygens (including phenoxy) is 1. The highest BCUT2D eigenvalue weighted by atomic mass is 35.5. The van der Waals surface area contributed by atoms with E-state index in [0.29, 0.717) is 40.0 Å². The zero-order valence-corrected chi connectivity index (χ0v) is 26.7. The minimum absolute atomic E-state index is 0.172. The van der Waals surface area contributed by atoms with Crippen LogP contribution >= 0.6 is 34.5 Å². The maximum Gasteiger partial charge on any atom is 0.103 e. The molecule has 0 spiro atoms. The van der Waals surface area contributed by atoms with Gasteiger partial charge in [0.25, 0.3) is 0 Å². The topological polar surface area (TPSA) is 101 Å². The standard InChI is InChI=1S/C32H32Cl2N8OS/c1-3-41-7-6-23-25(17-44-29(23)14-41)32(28-13-42(40-39-28)22-15-43-16-22)38-21-8-24-30(37-20-5-4-18(2)26(33)9-20)19(11-35)12-36-31(24)27(34)10-21/h4-5,8-10,12-13,17,22,32,38-40H,3,6-7,14-16H2,1-2H3,(H,36,37)/t32-/m0/s1. The van der Waals surface area contributed by atoms with Crippen molar-refractivity contribution in [1.82, 2.24) is 25.9 Å². The van der Waals surface area contributed by atoms with Crippen LogP contribution in [0.2, 0.25) is 10.0 Å². The SMILES string of the molecule is CCN1CCc2c([C@H](Nc3cc(Cl)c4ncc(C#N)c(Nc5ccc(C)c(Cl)c5)c4c3)C3=CN(C4COC4)NN3)csc2C1. The lowest BCUT2D eigenvalue weighted by atomic mass is 9.96. The molecule has 3 aliphatic heterocycles. The van der Waals surface area contributed by atoms with Gasteiger partial charge in [0.1, 0.15) is 6.07 Å². The van der Waals surface area contributed by atoms with E-state index in [2.05, 4.69) is 61.1 Å². The summed E-state index contributed by atoms with van der Waals surface area (Å²) in [7, 11) is 0. The number of halogens is 2. The lowest BCUT2D eigenvalue weighted by Gasteiger charge is -2.33. The number of benzene rings is 2. The molecule has 7 rings (SSSR count). The second kappa shape index (κ2) is 12.1. The first kappa shape index (κ1) is 29.2.